The Kier molecular flexibility index (Phi) is 8.57. The lowest BCUT2D eigenvalue weighted by molar-refractivity contribution is 0.564. The molecule has 1 saturated carbocycles. The molecule has 0 bridgehead atoms. The SMILES string of the molecule is CCCCCCCCCCCC=C1CCC1. The number of unbranched alkanes of at least 4 members (excludes halogenated alkanes) is 9. The molecular weight excluding hydrogens is 192 g/mol. The van der Waals surface area contributed by atoms with E-state index in [0.717, 1.165) is 0 Å². The van der Waals surface area contributed by atoms with E-state index in [-0.39, 0.29) is 0 Å². The average molecular weight is 222 g/mol. The second-order valence-corrected chi connectivity index (χ2v) is 5.33. The molecule has 0 atom stereocenters. The van der Waals surface area contributed by atoms with E-state index in [0.29, 0.717) is 0 Å². The van der Waals surface area contributed by atoms with Crippen molar-refractivity contribution in [2.75, 3.05) is 0 Å². The van der Waals surface area contributed by atoms with Crippen molar-refractivity contribution in [3.8, 4) is 0 Å². The van der Waals surface area contributed by atoms with E-state index in [1.807, 2.05) is 0 Å². The molecule has 0 nitrogen and oxygen atoms in total. The number of hydrogen-bond acceptors (Lipinski definition) is 0. The lowest BCUT2D eigenvalue weighted by Gasteiger charge is -2.15. The van der Waals surface area contributed by atoms with Crippen LogP contribution in [0.1, 0.15) is 90.4 Å². The zero-order valence-electron chi connectivity index (χ0n) is 11.3. The maximum absolute atomic E-state index is 2.50. The van der Waals surface area contributed by atoms with Crippen molar-refractivity contribution in [3.63, 3.8) is 0 Å². The van der Waals surface area contributed by atoms with Crippen LogP contribution in [0.4, 0.5) is 0 Å². The van der Waals surface area contributed by atoms with Crippen molar-refractivity contribution >= 4 is 0 Å². The molecule has 0 aromatic rings. The Morgan fingerprint density at radius 2 is 1.38 bits per heavy atom. The summed E-state index contributed by atoms with van der Waals surface area (Å²) in [6, 6.07) is 0. The fraction of sp³-hybridized carbons (Fsp3) is 0.875. The number of allylic oxidation sites excluding steroid dienone is 2. The highest BCUT2D eigenvalue weighted by Crippen LogP contribution is 2.25. The van der Waals surface area contributed by atoms with E-state index >= 15 is 0 Å². The first kappa shape index (κ1) is 13.8. The van der Waals surface area contributed by atoms with Crippen molar-refractivity contribution in [1.29, 1.82) is 0 Å². The summed E-state index contributed by atoms with van der Waals surface area (Å²) in [6.45, 7) is 2.29. The second kappa shape index (κ2) is 9.93. The van der Waals surface area contributed by atoms with Gasteiger partial charge in [0.25, 0.3) is 0 Å². The maximum atomic E-state index is 2.50. The zero-order chi connectivity index (χ0) is 11.5. The standard InChI is InChI=1S/C16H30/c1-2-3-4-5-6-7-8-9-10-11-13-16-14-12-15-16/h13H,2-12,14-15H2,1H3. The zero-order valence-corrected chi connectivity index (χ0v) is 11.3. The second-order valence-electron chi connectivity index (χ2n) is 5.33. The third-order valence-electron chi connectivity index (χ3n) is 3.74. The molecular formula is C16H30. The van der Waals surface area contributed by atoms with Crippen LogP contribution in [0.2, 0.25) is 0 Å². The fourth-order valence-corrected chi connectivity index (χ4v) is 2.35. The molecule has 0 N–H and O–H groups in total. The van der Waals surface area contributed by atoms with Crippen LogP contribution >= 0.6 is 0 Å². The Morgan fingerprint density at radius 3 is 1.88 bits per heavy atom. The van der Waals surface area contributed by atoms with Crippen LogP contribution < -0.4 is 0 Å². The summed E-state index contributed by atoms with van der Waals surface area (Å²) >= 11 is 0. The summed E-state index contributed by atoms with van der Waals surface area (Å²) in [5.41, 5.74) is 1.74. The highest BCUT2D eigenvalue weighted by atomic mass is 14.1. The summed E-state index contributed by atoms with van der Waals surface area (Å²) in [7, 11) is 0. The third-order valence-corrected chi connectivity index (χ3v) is 3.74. The molecule has 0 aliphatic heterocycles. The Labute approximate surface area is 103 Å². The molecule has 0 amide bonds. The van der Waals surface area contributed by atoms with Crippen LogP contribution in [-0.4, -0.2) is 0 Å². The van der Waals surface area contributed by atoms with Crippen molar-refractivity contribution in [1.82, 2.24) is 0 Å². The Morgan fingerprint density at radius 1 is 0.812 bits per heavy atom. The van der Waals surface area contributed by atoms with Gasteiger partial charge in [-0.25, -0.2) is 0 Å². The summed E-state index contributed by atoms with van der Waals surface area (Å²) in [4.78, 5) is 0. The lowest BCUT2D eigenvalue weighted by atomic mass is 9.91. The van der Waals surface area contributed by atoms with Crippen LogP contribution in [0.15, 0.2) is 11.6 Å². The third kappa shape index (κ3) is 7.09. The first-order chi connectivity index (χ1) is 7.93. The summed E-state index contributed by atoms with van der Waals surface area (Å²) in [6.07, 6.45) is 21.1. The minimum absolute atomic E-state index is 1.35. The molecule has 0 radical (unpaired) electrons. The van der Waals surface area contributed by atoms with E-state index in [1.54, 1.807) is 5.57 Å². The molecule has 0 spiro atoms. The quantitative estimate of drug-likeness (QED) is 0.313. The van der Waals surface area contributed by atoms with Crippen LogP contribution in [0.25, 0.3) is 0 Å². The van der Waals surface area contributed by atoms with E-state index < -0.39 is 0 Å². The molecule has 1 aliphatic rings. The molecule has 16 heavy (non-hydrogen) atoms. The van der Waals surface area contributed by atoms with Crippen molar-refractivity contribution in [3.05, 3.63) is 11.6 Å². The predicted molar refractivity (Wildman–Crippen MR) is 73.8 cm³/mol. The van der Waals surface area contributed by atoms with Gasteiger partial charge in [0.1, 0.15) is 0 Å². The largest absolute Gasteiger partial charge is 0.0853 e. The van der Waals surface area contributed by atoms with Gasteiger partial charge in [-0.3, -0.25) is 0 Å². The van der Waals surface area contributed by atoms with E-state index in [1.165, 1.54) is 83.5 Å². The van der Waals surface area contributed by atoms with Gasteiger partial charge < -0.3 is 0 Å². The topological polar surface area (TPSA) is 0 Å². The van der Waals surface area contributed by atoms with Crippen molar-refractivity contribution in [2.24, 2.45) is 0 Å². The summed E-state index contributed by atoms with van der Waals surface area (Å²) < 4.78 is 0. The van der Waals surface area contributed by atoms with Gasteiger partial charge in [0.2, 0.25) is 0 Å². The average Bonchev–Trinajstić information content (AvgIpc) is 2.23. The number of rotatable bonds is 10. The molecule has 0 aromatic carbocycles. The van der Waals surface area contributed by atoms with Crippen molar-refractivity contribution < 1.29 is 0 Å². The highest BCUT2D eigenvalue weighted by Gasteiger charge is 2.06. The summed E-state index contributed by atoms with van der Waals surface area (Å²) in [5.74, 6) is 0. The highest BCUT2D eigenvalue weighted by molar-refractivity contribution is 5.08. The van der Waals surface area contributed by atoms with Gasteiger partial charge in [-0.15, -0.1) is 0 Å². The predicted octanol–water partition coefficient (Wildman–Crippen LogP) is 6.02. The van der Waals surface area contributed by atoms with Gasteiger partial charge in [-0.1, -0.05) is 69.9 Å². The first-order valence-electron chi connectivity index (χ1n) is 7.61. The molecule has 94 valence electrons. The van der Waals surface area contributed by atoms with Crippen LogP contribution in [0.5, 0.6) is 0 Å². The van der Waals surface area contributed by atoms with Gasteiger partial charge in [0.05, 0.1) is 0 Å². The van der Waals surface area contributed by atoms with Crippen LogP contribution in [-0.2, 0) is 0 Å². The number of hydrogen-bond donors (Lipinski definition) is 0. The molecule has 0 heterocycles. The fourth-order valence-electron chi connectivity index (χ4n) is 2.35. The van der Waals surface area contributed by atoms with E-state index in [4.69, 9.17) is 0 Å². The molecule has 0 heteroatoms. The first-order valence-corrected chi connectivity index (χ1v) is 7.61. The van der Waals surface area contributed by atoms with Gasteiger partial charge in [-0.05, 0) is 32.1 Å². The van der Waals surface area contributed by atoms with E-state index in [9.17, 15) is 0 Å². The molecule has 0 unspecified atom stereocenters. The lowest BCUT2D eigenvalue weighted by Crippen LogP contribution is -1.95. The van der Waals surface area contributed by atoms with Gasteiger partial charge in [0, 0.05) is 0 Å². The summed E-state index contributed by atoms with van der Waals surface area (Å²) in [5, 5.41) is 0. The molecule has 1 fully saturated rings. The minimum Gasteiger partial charge on any atom is -0.0853 e. The van der Waals surface area contributed by atoms with Crippen LogP contribution in [0.3, 0.4) is 0 Å². The van der Waals surface area contributed by atoms with E-state index in [2.05, 4.69) is 13.0 Å². The molecule has 0 saturated heterocycles. The van der Waals surface area contributed by atoms with Crippen LogP contribution in [0, 0.1) is 0 Å². The monoisotopic (exact) mass is 222 g/mol. The molecule has 1 aliphatic carbocycles. The Hall–Kier alpha value is -0.260. The minimum atomic E-state index is 1.35. The van der Waals surface area contributed by atoms with Gasteiger partial charge in [0.15, 0.2) is 0 Å². The van der Waals surface area contributed by atoms with Gasteiger partial charge in [-0.2, -0.15) is 0 Å². The molecule has 1 rings (SSSR count). The smallest absolute Gasteiger partial charge is 0.0317 e. The normalized spacial score (nSPS) is 14.9. The Balaban J connectivity index is 1.71. The van der Waals surface area contributed by atoms with Gasteiger partial charge >= 0.3 is 0 Å². The maximum Gasteiger partial charge on any atom is -0.0317 e. The van der Waals surface area contributed by atoms with Crippen molar-refractivity contribution in [2.45, 2.75) is 90.4 Å². The molecule has 0 aromatic heterocycles. The Bertz CT molecular complexity index is 172.